The lowest BCUT2D eigenvalue weighted by Gasteiger charge is -2.28. The van der Waals surface area contributed by atoms with E-state index >= 15 is 0 Å². The van der Waals surface area contributed by atoms with Crippen molar-refractivity contribution in [2.45, 2.75) is 6.92 Å². The molecule has 1 aromatic carbocycles. The highest BCUT2D eigenvalue weighted by Crippen LogP contribution is 2.34. The van der Waals surface area contributed by atoms with Gasteiger partial charge in [-0.1, -0.05) is 0 Å². The molecule has 0 radical (unpaired) electrons. The van der Waals surface area contributed by atoms with Gasteiger partial charge in [-0.15, -0.1) is 0 Å². The molecule has 2 N–H and O–H groups in total. The lowest BCUT2D eigenvalue weighted by molar-refractivity contribution is 0.363. The van der Waals surface area contributed by atoms with Crippen LogP contribution in [0.5, 0.6) is 11.5 Å². The zero-order chi connectivity index (χ0) is 12.3. The molecule has 0 amide bonds. The summed E-state index contributed by atoms with van der Waals surface area (Å²) in [5.74, 6) is 2.46. The quantitative estimate of drug-likeness (QED) is 0.815. The van der Waals surface area contributed by atoms with Gasteiger partial charge in [-0.25, -0.2) is 0 Å². The van der Waals surface area contributed by atoms with Crippen molar-refractivity contribution >= 4 is 5.69 Å². The molecular formula is C13H20N2O2. The Morgan fingerprint density at radius 1 is 1.29 bits per heavy atom. The topological polar surface area (TPSA) is 42.5 Å². The van der Waals surface area contributed by atoms with E-state index in [4.69, 9.17) is 9.47 Å². The van der Waals surface area contributed by atoms with Crippen LogP contribution in [0.25, 0.3) is 0 Å². The van der Waals surface area contributed by atoms with Gasteiger partial charge < -0.3 is 20.1 Å². The molecule has 1 aliphatic rings. The van der Waals surface area contributed by atoms with Crippen LogP contribution in [0, 0.1) is 12.8 Å². The van der Waals surface area contributed by atoms with Crippen LogP contribution >= 0.6 is 0 Å². The Hall–Kier alpha value is -1.42. The van der Waals surface area contributed by atoms with Gasteiger partial charge in [0.05, 0.1) is 19.9 Å². The van der Waals surface area contributed by atoms with E-state index in [1.54, 1.807) is 14.2 Å². The molecule has 94 valence electrons. The largest absolute Gasteiger partial charge is 0.496 e. The second-order valence-electron chi connectivity index (χ2n) is 4.38. The number of benzene rings is 1. The number of rotatable bonds is 5. The van der Waals surface area contributed by atoms with Crippen molar-refractivity contribution in [3.05, 3.63) is 17.7 Å². The van der Waals surface area contributed by atoms with Crippen LogP contribution in [0.3, 0.4) is 0 Å². The molecule has 2 rings (SSSR count). The summed E-state index contributed by atoms with van der Waals surface area (Å²) < 4.78 is 10.7. The lowest BCUT2D eigenvalue weighted by Crippen LogP contribution is -2.45. The van der Waals surface area contributed by atoms with Crippen LogP contribution < -0.4 is 20.1 Å². The van der Waals surface area contributed by atoms with Gasteiger partial charge in [0.2, 0.25) is 0 Å². The lowest BCUT2D eigenvalue weighted by atomic mass is 10.0. The summed E-state index contributed by atoms with van der Waals surface area (Å²) in [5.41, 5.74) is 2.07. The molecule has 1 aliphatic heterocycles. The minimum absolute atomic E-state index is 0.724. The maximum absolute atomic E-state index is 5.44. The average molecular weight is 236 g/mol. The molecule has 0 aromatic heterocycles. The monoisotopic (exact) mass is 236 g/mol. The molecule has 1 heterocycles. The van der Waals surface area contributed by atoms with Crippen molar-refractivity contribution in [2.24, 2.45) is 5.92 Å². The highest BCUT2D eigenvalue weighted by Gasteiger charge is 2.17. The van der Waals surface area contributed by atoms with E-state index in [0.717, 1.165) is 48.3 Å². The average Bonchev–Trinajstić information content (AvgIpc) is 2.27. The van der Waals surface area contributed by atoms with Crippen LogP contribution in [-0.2, 0) is 0 Å². The second kappa shape index (κ2) is 5.27. The van der Waals surface area contributed by atoms with E-state index in [2.05, 4.69) is 10.6 Å². The Bertz CT molecular complexity index is 389. The molecule has 0 aliphatic carbocycles. The Kier molecular flexibility index (Phi) is 3.74. The zero-order valence-electron chi connectivity index (χ0n) is 10.7. The minimum Gasteiger partial charge on any atom is -0.496 e. The minimum atomic E-state index is 0.724. The van der Waals surface area contributed by atoms with Gasteiger partial charge >= 0.3 is 0 Å². The Morgan fingerprint density at radius 3 is 2.59 bits per heavy atom. The predicted octanol–water partition coefficient (Wildman–Crippen LogP) is 1.64. The molecule has 0 saturated carbocycles. The third-order valence-electron chi connectivity index (χ3n) is 3.23. The fourth-order valence-corrected chi connectivity index (χ4v) is 2.04. The van der Waals surface area contributed by atoms with E-state index in [0.29, 0.717) is 0 Å². The molecule has 0 bridgehead atoms. The number of nitrogens with one attached hydrogen (secondary N) is 2. The Labute approximate surface area is 102 Å². The normalized spacial score (nSPS) is 15.2. The number of hydrogen-bond donors (Lipinski definition) is 2. The molecule has 4 heteroatoms. The Morgan fingerprint density at radius 2 is 2.06 bits per heavy atom. The number of ether oxygens (including phenoxy) is 2. The van der Waals surface area contributed by atoms with Crippen molar-refractivity contribution in [2.75, 3.05) is 39.2 Å². The van der Waals surface area contributed by atoms with Crippen molar-refractivity contribution in [1.82, 2.24) is 5.32 Å². The van der Waals surface area contributed by atoms with Crippen LogP contribution in [0.15, 0.2) is 12.1 Å². The molecule has 1 fully saturated rings. The Balaban J connectivity index is 2.11. The van der Waals surface area contributed by atoms with Gasteiger partial charge in [-0.05, 0) is 19.1 Å². The van der Waals surface area contributed by atoms with Gasteiger partial charge in [0.1, 0.15) is 11.5 Å². The maximum Gasteiger partial charge on any atom is 0.148 e. The predicted molar refractivity (Wildman–Crippen MR) is 69.1 cm³/mol. The van der Waals surface area contributed by atoms with Gasteiger partial charge in [-0.2, -0.15) is 0 Å². The van der Waals surface area contributed by atoms with Gasteiger partial charge in [0, 0.05) is 31.1 Å². The fourth-order valence-electron chi connectivity index (χ4n) is 2.04. The third kappa shape index (κ3) is 2.47. The van der Waals surface area contributed by atoms with E-state index in [-0.39, 0.29) is 0 Å². The van der Waals surface area contributed by atoms with Gasteiger partial charge in [0.15, 0.2) is 0 Å². The molecular weight excluding hydrogens is 216 g/mol. The summed E-state index contributed by atoms with van der Waals surface area (Å²) in [6, 6.07) is 3.98. The standard InChI is InChI=1S/C13H20N2O2/c1-9-12(16-2)5-4-11(13(9)17-3)15-8-10-6-14-7-10/h4-5,10,14-15H,6-8H2,1-3H3. The number of methoxy groups -OCH3 is 2. The maximum atomic E-state index is 5.44. The first-order chi connectivity index (χ1) is 8.26. The van der Waals surface area contributed by atoms with Crippen molar-refractivity contribution in [3.8, 4) is 11.5 Å². The summed E-state index contributed by atoms with van der Waals surface area (Å²) in [6.45, 7) is 5.19. The number of hydrogen-bond acceptors (Lipinski definition) is 4. The highest BCUT2D eigenvalue weighted by atomic mass is 16.5. The van der Waals surface area contributed by atoms with Crippen LogP contribution in [-0.4, -0.2) is 33.9 Å². The van der Waals surface area contributed by atoms with Crippen molar-refractivity contribution < 1.29 is 9.47 Å². The molecule has 4 nitrogen and oxygen atoms in total. The first kappa shape index (κ1) is 12.0. The van der Waals surface area contributed by atoms with Crippen LogP contribution in [0.4, 0.5) is 5.69 Å². The van der Waals surface area contributed by atoms with E-state index in [1.807, 2.05) is 19.1 Å². The molecule has 0 spiro atoms. The van der Waals surface area contributed by atoms with E-state index < -0.39 is 0 Å². The highest BCUT2D eigenvalue weighted by molar-refractivity contribution is 5.64. The zero-order valence-corrected chi connectivity index (χ0v) is 10.7. The first-order valence-electron chi connectivity index (χ1n) is 5.92. The summed E-state index contributed by atoms with van der Waals surface area (Å²) >= 11 is 0. The van der Waals surface area contributed by atoms with Crippen molar-refractivity contribution in [1.29, 1.82) is 0 Å². The molecule has 0 atom stereocenters. The summed E-state index contributed by atoms with van der Waals surface area (Å²) in [4.78, 5) is 0. The molecule has 1 saturated heterocycles. The molecule has 0 unspecified atom stereocenters. The fraction of sp³-hybridized carbons (Fsp3) is 0.538. The smallest absolute Gasteiger partial charge is 0.148 e. The summed E-state index contributed by atoms with van der Waals surface area (Å²) in [5, 5.41) is 6.70. The SMILES string of the molecule is COc1ccc(NCC2CNC2)c(OC)c1C. The van der Waals surface area contributed by atoms with E-state index in [9.17, 15) is 0 Å². The number of anilines is 1. The third-order valence-corrected chi connectivity index (χ3v) is 3.23. The van der Waals surface area contributed by atoms with Gasteiger partial charge in [0.25, 0.3) is 0 Å². The second-order valence-corrected chi connectivity index (χ2v) is 4.38. The molecule has 1 aromatic rings. The summed E-state index contributed by atoms with van der Waals surface area (Å²) in [6.07, 6.45) is 0. The first-order valence-corrected chi connectivity index (χ1v) is 5.92. The summed E-state index contributed by atoms with van der Waals surface area (Å²) in [7, 11) is 3.37. The van der Waals surface area contributed by atoms with Gasteiger partial charge in [-0.3, -0.25) is 0 Å². The van der Waals surface area contributed by atoms with Crippen molar-refractivity contribution in [3.63, 3.8) is 0 Å². The van der Waals surface area contributed by atoms with E-state index in [1.165, 1.54) is 0 Å². The van der Waals surface area contributed by atoms with Crippen LogP contribution in [0.1, 0.15) is 5.56 Å². The molecule has 17 heavy (non-hydrogen) atoms. The van der Waals surface area contributed by atoms with Crippen LogP contribution in [0.2, 0.25) is 0 Å².